The number of halogens is 2. The molecular weight excluding hydrogens is 430 g/mol. The number of ether oxygens (including phenoxy) is 1. The van der Waals surface area contributed by atoms with E-state index in [1.165, 1.54) is 10.8 Å². The predicted octanol–water partition coefficient (Wildman–Crippen LogP) is 2.87. The lowest BCUT2D eigenvalue weighted by Crippen LogP contribution is -2.29. The summed E-state index contributed by atoms with van der Waals surface area (Å²) in [5.41, 5.74) is 2.94. The highest BCUT2D eigenvalue weighted by Gasteiger charge is 2.17. The van der Waals surface area contributed by atoms with Crippen LogP contribution < -0.4 is 21.1 Å². The molecule has 3 N–H and O–H groups in total. The maximum absolute atomic E-state index is 12.2. The van der Waals surface area contributed by atoms with Gasteiger partial charge in [-0.3, -0.25) is 9.63 Å². The lowest BCUT2D eigenvalue weighted by Gasteiger charge is -2.17. The minimum Gasteiger partial charge on any atom is -0.405 e. The Morgan fingerprint density at radius 2 is 2.15 bits per heavy atom. The first kappa shape index (κ1) is 20.2. The Balaban J connectivity index is 2.35. The molecule has 0 bridgehead atoms. The molecular formula is C16H17BrClN3O5. The van der Waals surface area contributed by atoms with Crippen LogP contribution >= 0.6 is 27.5 Å². The van der Waals surface area contributed by atoms with Gasteiger partial charge in [-0.05, 0) is 25.1 Å². The number of aromatic nitrogens is 1. The summed E-state index contributed by atoms with van der Waals surface area (Å²) in [6.45, 7) is 1.26. The number of aryl methyl sites for hydroxylation is 1. The molecule has 2 rings (SSSR count). The Labute approximate surface area is 162 Å². The van der Waals surface area contributed by atoms with E-state index in [0.717, 1.165) is 4.47 Å². The smallest absolute Gasteiger partial charge is 0.405 e. The predicted molar refractivity (Wildman–Crippen MR) is 101 cm³/mol. The van der Waals surface area contributed by atoms with Crippen LogP contribution in [0.4, 0.5) is 16.2 Å². The van der Waals surface area contributed by atoms with Gasteiger partial charge in [0.1, 0.15) is 0 Å². The molecule has 8 nitrogen and oxygen atoms in total. The molecule has 1 aromatic heterocycles. The van der Waals surface area contributed by atoms with Crippen molar-refractivity contribution in [3.8, 4) is 5.75 Å². The van der Waals surface area contributed by atoms with Crippen LogP contribution in [0, 0.1) is 6.92 Å². The number of hydrogen-bond acceptors (Lipinski definition) is 6. The van der Waals surface area contributed by atoms with Gasteiger partial charge in [0, 0.05) is 17.1 Å². The number of pyridine rings is 1. The summed E-state index contributed by atoms with van der Waals surface area (Å²) in [7, 11) is 1.54. The first-order valence-electron chi connectivity index (χ1n) is 7.46. The Hall–Kier alpha value is -2.07. The van der Waals surface area contributed by atoms with E-state index >= 15 is 0 Å². The van der Waals surface area contributed by atoms with Crippen molar-refractivity contribution >= 4 is 45.0 Å². The Bertz CT molecular complexity index is 872. The van der Waals surface area contributed by atoms with Gasteiger partial charge in [0.05, 0.1) is 35.8 Å². The number of rotatable bonds is 6. The van der Waals surface area contributed by atoms with E-state index < -0.39 is 6.09 Å². The van der Waals surface area contributed by atoms with Gasteiger partial charge in [0.25, 0.3) is 5.56 Å². The fourth-order valence-corrected chi connectivity index (χ4v) is 2.81. The van der Waals surface area contributed by atoms with E-state index in [9.17, 15) is 9.59 Å². The molecule has 140 valence electrons. The van der Waals surface area contributed by atoms with Crippen LogP contribution in [0.2, 0.25) is 5.02 Å². The number of hydroxylamine groups is 1. The number of aliphatic hydroxyl groups is 1. The van der Waals surface area contributed by atoms with Crippen molar-refractivity contribution in [2.45, 2.75) is 6.92 Å². The SMILES string of the molecule is Cc1c(Nc2ccc(Br)cc2Cl)c(OC(=O)NOCCO)cn(C)c1=O. The highest BCUT2D eigenvalue weighted by molar-refractivity contribution is 9.10. The standard InChI is InChI=1S/C16H17BrClN3O5/c1-9-14(19-12-4-3-10(17)7-11(12)18)13(8-21(2)15(9)23)26-16(24)20-25-6-5-22/h3-4,7-8,19,22H,5-6H2,1-2H3,(H,20,24). The van der Waals surface area contributed by atoms with Crippen molar-refractivity contribution in [3.05, 3.63) is 49.8 Å². The Kier molecular flexibility index (Phi) is 7.04. The van der Waals surface area contributed by atoms with Crippen LogP contribution in [-0.2, 0) is 11.9 Å². The van der Waals surface area contributed by atoms with E-state index in [4.69, 9.17) is 26.3 Å². The molecule has 0 aliphatic rings. The molecule has 26 heavy (non-hydrogen) atoms. The quantitative estimate of drug-likeness (QED) is 0.466. The van der Waals surface area contributed by atoms with Gasteiger partial charge in [0.15, 0.2) is 5.75 Å². The van der Waals surface area contributed by atoms with E-state index in [2.05, 4.69) is 21.2 Å². The summed E-state index contributed by atoms with van der Waals surface area (Å²) in [5.74, 6) is 0.105. The highest BCUT2D eigenvalue weighted by Crippen LogP contribution is 2.33. The lowest BCUT2D eigenvalue weighted by atomic mass is 10.2. The molecule has 0 radical (unpaired) electrons. The van der Waals surface area contributed by atoms with Crippen molar-refractivity contribution in [1.29, 1.82) is 0 Å². The molecule has 0 saturated carbocycles. The first-order valence-corrected chi connectivity index (χ1v) is 8.63. The number of benzene rings is 1. The van der Waals surface area contributed by atoms with Crippen molar-refractivity contribution in [2.24, 2.45) is 7.05 Å². The van der Waals surface area contributed by atoms with E-state index in [0.29, 0.717) is 22.0 Å². The molecule has 0 atom stereocenters. The molecule has 0 saturated heterocycles. The largest absolute Gasteiger partial charge is 0.436 e. The maximum Gasteiger partial charge on any atom is 0.436 e. The average Bonchev–Trinajstić information content (AvgIpc) is 2.58. The van der Waals surface area contributed by atoms with Crippen LogP contribution in [0.1, 0.15) is 5.56 Å². The second kappa shape index (κ2) is 9.04. The maximum atomic E-state index is 12.2. The average molecular weight is 447 g/mol. The summed E-state index contributed by atoms with van der Waals surface area (Å²) in [4.78, 5) is 28.8. The summed E-state index contributed by atoms with van der Waals surface area (Å²) >= 11 is 9.53. The lowest BCUT2D eigenvalue weighted by molar-refractivity contribution is 0.0246. The van der Waals surface area contributed by atoms with Crippen LogP contribution in [-0.4, -0.2) is 29.0 Å². The zero-order chi connectivity index (χ0) is 19.3. The van der Waals surface area contributed by atoms with Crippen molar-refractivity contribution < 1.29 is 19.5 Å². The molecule has 1 heterocycles. The number of amides is 1. The molecule has 0 aliphatic heterocycles. The van der Waals surface area contributed by atoms with E-state index in [1.807, 2.05) is 5.48 Å². The van der Waals surface area contributed by atoms with Crippen molar-refractivity contribution in [2.75, 3.05) is 18.5 Å². The fraction of sp³-hybridized carbons (Fsp3) is 0.250. The molecule has 0 fully saturated rings. The zero-order valence-corrected chi connectivity index (χ0v) is 16.3. The zero-order valence-electron chi connectivity index (χ0n) is 14.0. The van der Waals surface area contributed by atoms with Crippen molar-refractivity contribution in [1.82, 2.24) is 10.0 Å². The molecule has 0 unspecified atom stereocenters. The molecule has 1 amide bonds. The minimum atomic E-state index is -0.901. The Morgan fingerprint density at radius 1 is 1.42 bits per heavy atom. The number of hydrogen-bond donors (Lipinski definition) is 3. The number of nitrogens with one attached hydrogen (secondary N) is 2. The highest BCUT2D eigenvalue weighted by atomic mass is 79.9. The number of aliphatic hydroxyl groups excluding tert-OH is 1. The second-order valence-corrected chi connectivity index (χ2v) is 6.55. The van der Waals surface area contributed by atoms with E-state index in [1.54, 1.807) is 32.2 Å². The number of anilines is 2. The van der Waals surface area contributed by atoms with Crippen LogP contribution in [0.5, 0.6) is 5.75 Å². The monoisotopic (exact) mass is 445 g/mol. The van der Waals surface area contributed by atoms with Gasteiger partial charge >= 0.3 is 6.09 Å². The second-order valence-electron chi connectivity index (χ2n) is 5.22. The molecule has 1 aromatic carbocycles. The fourth-order valence-electron chi connectivity index (χ4n) is 2.09. The minimum absolute atomic E-state index is 0.0823. The van der Waals surface area contributed by atoms with Crippen LogP contribution in [0.3, 0.4) is 0 Å². The molecule has 0 spiro atoms. The van der Waals surface area contributed by atoms with Gasteiger partial charge in [-0.15, -0.1) is 0 Å². The number of carbonyl (C=O) groups is 1. The normalized spacial score (nSPS) is 10.5. The van der Waals surface area contributed by atoms with Gasteiger partial charge in [0.2, 0.25) is 0 Å². The number of nitrogens with zero attached hydrogens (tertiary/aromatic N) is 1. The molecule has 0 aliphatic carbocycles. The molecule has 2 aromatic rings. The van der Waals surface area contributed by atoms with Gasteiger partial charge in [-0.1, -0.05) is 27.5 Å². The summed E-state index contributed by atoms with van der Waals surface area (Å²) in [6, 6.07) is 5.19. The van der Waals surface area contributed by atoms with E-state index in [-0.39, 0.29) is 24.5 Å². The number of carbonyl (C=O) groups excluding carboxylic acids is 1. The molecule has 10 heteroatoms. The van der Waals surface area contributed by atoms with Crippen molar-refractivity contribution in [3.63, 3.8) is 0 Å². The van der Waals surface area contributed by atoms with Gasteiger partial charge < -0.3 is 19.7 Å². The third-order valence-electron chi connectivity index (χ3n) is 3.32. The topological polar surface area (TPSA) is 102 Å². The summed E-state index contributed by atoms with van der Waals surface area (Å²) in [6.07, 6.45) is 0.470. The summed E-state index contributed by atoms with van der Waals surface area (Å²) < 4.78 is 7.30. The summed E-state index contributed by atoms with van der Waals surface area (Å²) in [5, 5.41) is 12.1. The third kappa shape index (κ3) is 4.98. The van der Waals surface area contributed by atoms with Gasteiger partial charge in [-0.2, -0.15) is 5.48 Å². The van der Waals surface area contributed by atoms with Crippen LogP contribution in [0.25, 0.3) is 0 Å². The van der Waals surface area contributed by atoms with Gasteiger partial charge in [-0.25, -0.2) is 4.79 Å². The Morgan fingerprint density at radius 3 is 2.81 bits per heavy atom. The first-order chi connectivity index (χ1) is 12.3. The third-order valence-corrected chi connectivity index (χ3v) is 4.12. The van der Waals surface area contributed by atoms with Crippen LogP contribution in [0.15, 0.2) is 33.7 Å².